The van der Waals surface area contributed by atoms with Gasteiger partial charge in [0.25, 0.3) is 5.91 Å². The van der Waals surface area contributed by atoms with E-state index < -0.39 is 11.9 Å². The van der Waals surface area contributed by atoms with Crippen molar-refractivity contribution in [2.45, 2.75) is 12.8 Å². The van der Waals surface area contributed by atoms with E-state index in [9.17, 15) is 14.4 Å². The second-order valence-corrected chi connectivity index (χ2v) is 4.34. The SMILES string of the molecule is CNC(=O)COC(=O)C1=NN(c2ccccc2)C(=O)CC1. The van der Waals surface area contributed by atoms with Gasteiger partial charge in [0.1, 0.15) is 5.71 Å². The lowest BCUT2D eigenvalue weighted by Gasteiger charge is -2.22. The number of carbonyl (C=O) groups is 3. The minimum absolute atomic E-state index is 0.127. The molecule has 1 aliphatic heterocycles. The first-order chi connectivity index (χ1) is 10.1. The number of benzene rings is 1. The molecule has 0 aromatic heterocycles. The molecular formula is C14H15N3O4. The van der Waals surface area contributed by atoms with Crippen molar-refractivity contribution in [3.05, 3.63) is 30.3 Å². The van der Waals surface area contributed by atoms with Crippen LogP contribution >= 0.6 is 0 Å². The fourth-order valence-electron chi connectivity index (χ4n) is 1.76. The van der Waals surface area contributed by atoms with Gasteiger partial charge in [-0.2, -0.15) is 5.10 Å². The lowest BCUT2D eigenvalue weighted by molar-refractivity contribution is -0.142. The molecular weight excluding hydrogens is 274 g/mol. The summed E-state index contributed by atoms with van der Waals surface area (Å²) >= 11 is 0. The summed E-state index contributed by atoms with van der Waals surface area (Å²) < 4.78 is 4.83. The van der Waals surface area contributed by atoms with Gasteiger partial charge in [0, 0.05) is 19.9 Å². The number of carbonyl (C=O) groups excluding carboxylic acids is 3. The quantitative estimate of drug-likeness (QED) is 0.816. The average molecular weight is 289 g/mol. The van der Waals surface area contributed by atoms with E-state index in [1.54, 1.807) is 24.3 Å². The summed E-state index contributed by atoms with van der Waals surface area (Å²) in [6.07, 6.45) is 0.373. The molecule has 0 atom stereocenters. The number of rotatable bonds is 4. The number of amides is 2. The summed E-state index contributed by atoms with van der Waals surface area (Å²) in [5.41, 5.74) is 0.709. The number of esters is 1. The van der Waals surface area contributed by atoms with Crippen LogP contribution in [0, 0.1) is 0 Å². The first-order valence-electron chi connectivity index (χ1n) is 6.45. The molecule has 0 saturated heterocycles. The number of hydrogen-bond acceptors (Lipinski definition) is 5. The van der Waals surface area contributed by atoms with Crippen LogP contribution in [0.2, 0.25) is 0 Å². The predicted molar refractivity (Wildman–Crippen MR) is 75.6 cm³/mol. The van der Waals surface area contributed by atoms with Crippen molar-refractivity contribution in [2.75, 3.05) is 18.7 Å². The Bertz CT molecular complexity index is 583. The molecule has 7 heteroatoms. The Kier molecular flexibility index (Phi) is 4.65. The maximum atomic E-state index is 11.9. The Morgan fingerprint density at radius 1 is 1.29 bits per heavy atom. The van der Waals surface area contributed by atoms with Crippen molar-refractivity contribution in [3.63, 3.8) is 0 Å². The molecule has 1 N–H and O–H groups in total. The van der Waals surface area contributed by atoms with Gasteiger partial charge in [-0.25, -0.2) is 9.80 Å². The number of hydrogen-bond donors (Lipinski definition) is 1. The molecule has 0 saturated carbocycles. The summed E-state index contributed by atoms with van der Waals surface area (Å²) in [4.78, 5) is 34.8. The van der Waals surface area contributed by atoms with Crippen molar-refractivity contribution in [3.8, 4) is 0 Å². The summed E-state index contributed by atoms with van der Waals surface area (Å²) in [6, 6.07) is 8.81. The van der Waals surface area contributed by atoms with Crippen LogP contribution in [-0.4, -0.2) is 37.1 Å². The third-order valence-corrected chi connectivity index (χ3v) is 2.88. The van der Waals surface area contributed by atoms with Gasteiger partial charge in [0.05, 0.1) is 5.69 Å². The average Bonchev–Trinajstić information content (AvgIpc) is 2.53. The molecule has 7 nitrogen and oxygen atoms in total. The van der Waals surface area contributed by atoms with Crippen molar-refractivity contribution >= 4 is 29.2 Å². The fourth-order valence-corrected chi connectivity index (χ4v) is 1.76. The van der Waals surface area contributed by atoms with Gasteiger partial charge in [-0.1, -0.05) is 18.2 Å². The van der Waals surface area contributed by atoms with Crippen molar-refractivity contribution in [1.29, 1.82) is 0 Å². The van der Waals surface area contributed by atoms with Crippen LogP contribution in [0.3, 0.4) is 0 Å². The van der Waals surface area contributed by atoms with E-state index in [0.29, 0.717) is 5.69 Å². The summed E-state index contributed by atoms with van der Waals surface area (Å²) in [6.45, 7) is -0.367. The van der Waals surface area contributed by atoms with Gasteiger partial charge < -0.3 is 10.1 Å². The topological polar surface area (TPSA) is 88.1 Å². The molecule has 0 unspecified atom stereocenters. The van der Waals surface area contributed by atoms with E-state index in [2.05, 4.69) is 10.4 Å². The van der Waals surface area contributed by atoms with Crippen LogP contribution in [0.15, 0.2) is 35.4 Å². The fraction of sp³-hybridized carbons (Fsp3) is 0.286. The Labute approximate surface area is 121 Å². The third-order valence-electron chi connectivity index (χ3n) is 2.88. The molecule has 2 rings (SSSR count). The Hall–Kier alpha value is -2.70. The van der Waals surface area contributed by atoms with Crippen LogP contribution in [-0.2, 0) is 19.1 Å². The van der Waals surface area contributed by atoms with E-state index in [0.717, 1.165) is 0 Å². The number of para-hydroxylation sites is 1. The second-order valence-electron chi connectivity index (χ2n) is 4.34. The molecule has 21 heavy (non-hydrogen) atoms. The largest absolute Gasteiger partial charge is 0.451 e. The summed E-state index contributed by atoms with van der Waals surface area (Å²) in [5, 5.41) is 7.56. The lowest BCUT2D eigenvalue weighted by Crippen LogP contribution is -2.36. The summed E-state index contributed by atoms with van der Waals surface area (Å²) in [7, 11) is 1.45. The van der Waals surface area contributed by atoms with E-state index >= 15 is 0 Å². The van der Waals surface area contributed by atoms with Gasteiger partial charge in [-0.05, 0) is 12.1 Å². The Morgan fingerprint density at radius 3 is 2.67 bits per heavy atom. The van der Waals surface area contributed by atoms with E-state index in [1.807, 2.05) is 6.07 Å². The molecule has 0 aliphatic carbocycles. The van der Waals surface area contributed by atoms with Gasteiger partial charge in [-0.3, -0.25) is 9.59 Å². The molecule has 0 radical (unpaired) electrons. The van der Waals surface area contributed by atoms with Gasteiger partial charge in [0.2, 0.25) is 5.91 Å². The van der Waals surface area contributed by atoms with Crippen LogP contribution < -0.4 is 10.3 Å². The van der Waals surface area contributed by atoms with E-state index in [-0.39, 0.29) is 31.1 Å². The number of hydrazone groups is 1. The number of likely N-dealkylation sites (N-methyl/N-ethyl adjacent to an activating group) is 1. The van der Waals surface area contributed by atoms with Crippen molar-refractivity contribution in [2.24, 2.45) is 5.10 Å². The van der Waals surface area contributed by atoms with Crippen LogP contribution in [0.25, 0.3) is 0 Å². The van der Waals surface area contributed by atoms with Gasteiger partial charge in [0.15, 0.2) is 6.61 Å². The smallest absolute Gasteiger partial charge is 0.355 e. The maximum absolute atomic E-state index is 11.9. The first kappa shape index (κ1) is 14.7. The highest BCUT2D eigenvalue weighted by atomic mass is 16.5. The highest BCUT2D eigenvalue weighted by molar-refractivity contribution is 6.38. The van der Waals surface area contributed by atoms with Crippen LogP contribution in [0.4, 0.5) is 5.69 Å². The molecule has 1 aromatic carbocycles. The Balaban J connectivity index is 2.11. The molecule has 0 bridgehead atoms. The lowest BCUT2D eigenvalue weighted by atomic mass is 10.1. The molecule has 2 amide bonds. The standard InChI is InChI=1S/C14H15N3O4/c1-15-12(18)9-21-14(20)11-7-8-13(19)17(16-11)10-5-3-2-4-6-10/h2-6H,7-9H2,1H3,(H,15,18). The number of nitrogens with zero attached hydrogens (tertiary/aromatic N) is 2. The normalized spacial score (nSPS) is 14.4. The van der Waals surface area contributed by atoms with Gasteiger partial charge in [-0.15, -0.1) is 0 Å². The first-order valence-corrected chi connectivity index (χ1v) is 6.45. The van der Waals surface area contributed by atoms with Gasteiger partial charge >= 0.3 is 5.97 Å². The molecule has 1 aliphatic rings. The minimum atomic E-state index is -0.688. The second kappa shape index (κ2) is 6.65. The predicted octanol–water partition coefficient (Wildman–Crippen LogP) is 0.459. The van der Waals surface area contributed by atoms with Crippen molar-refractivity contribution < 1.29 is 19.1 Å². The molecule has 110 valence electrons. The molecule has 1 aromatic rings. The van der Waals surface area contributed by atoms with E-state index in [4.69, 9.17) is 4.74 Å². The number of ether oxygens (including phenoxy) is 1. The monoisotopic (exact) mass is 289 g/mol. The molecule has 0 spiro atoms. The maximum Gasteiger partial charge on any atom is 0.355 e. The Morgan fingerprint density at radius 2 is 2.00 bits per heavy atom. The molecule has 0 fully saturated rings. The molecule has 1 heterocycles. The zero-order chi connectivity index (χ0) is 15.2. The zero-order valence-electron chi connectivity index (χ0n) is 11.5. The minimum Gasteiger partial charge on any atom is -0.451 e. The van der Waals surface area contributed by atoms with Crippen molar-refractivity contribution in [1.82, 2.24) is 5.32 Å². The zero-order valence-corrected chi connectivity index (χ0v) is 11.5. The highest BCUT2D eigenvalue weighted by Gasteiger charge is 2.26. The number of anilines is 1. The van der Waals surface area contributed by atoms with Crippen LogP contribution in [0.1, 0.15) is 12.8 Å². The third kappa shape index (κ3) is 3.65. The highest BCUT2D eigenvalue weighted by Crippen LogP contribution is 2.19. The van der Waals surface area contributed by atoms with E-state index in [1.165, 1.54) is 12.1 Å². The number of nitrogens with one attached hydrogen (secondary N) is 1. The summed E-state index contributed by atoms with van der Waals surface area (Å²) in [5.74, 6) is -1.29. The van der Waals surface area contributed by atoms with Crippen LogP contribution in [0.5, 0.6) is 0 Å².